The van der Waals surface area contributed by atoms with Crippen molar-refractivity contribution in [2.75, 3.05) is 36.4 Å². The molecule has 0 aliphatic carbocycles. The number of carbonyl (C=O) groups excluding carboxylic acids is 2. The van der Waals surface area contributed by atoms with Crippen molar-refractivity contribution in [3.05, 3.63) is 77.5 Å². The SMILES string of the molecule is Cc1cc(N2CCN(C(=O)c3cccc(C)c3NC(=O)c3ccncc3)CC2)n2ncnc2n1. The fraction of sp³-hybridized carbons (Fsp3) is 0.250. The Hall–Kier alpha value is -4.34. The third kappa shape index (κ3) is 4.05. The zero-order valence-electron chi connectivity index (χ0n) is 19.0. The number of benzene rings is 1. The van der Waals surface area contributed by atoms with E-state index < -0.39 is 0 Å². The van der Waals surface area contributed by atoms with Crippen LogP contribution in [0, 0.1) is 13.8 Å². The van der Waals surface area contributed by atoms with Gasteiger partial charge >= 0.3 is 0 Å². The molecule has 1 aromatic carbocycles. The largest absolute Gasteiger partial charge is 0.353 e. The fourth-order valence-corrected chi connectivity index (χ4v) is 4.15. The summed E-state index contributed by atoms with van der Waals surface area (Å²) in [6.45, 7) is 6.19. The minimum Gasteiger partial charge on any atom is -0.353 e. The zero-order chi connectivity index (χ0) is 23.7. The summed E-state index contributed by atoms with van der Waals surface area (Å²) in [6.07, 6.45) is 4.62. The van der Waals surface area contributed by atoms with Gasteiger partial charge in [-0.2, -0.15) is 14.6 Å². The molecule has 1 fully saturated rings. The molecule has 4 heterocycles. The summed E-state index contributed by atoms with van der Waals surface area (Å²) in [5, 5.41) is 7.21. The Morgan fingerprint density at radius 3 is 2.53 bits per heavy atom. The Bertz CT molecular complexity index is 1360. The van der Waals surface area contributed by atoms with Gasteiger partial charge in [-0.05, 0) is 37.6 Å². The highest BCUT2D eigenvalue weighted by Gasteiger charge is 2.26. The number of nitrogens with zero attached hydrogens (tertiary/aromatic N) is 7. The van der Waals surface area contributed by atoms with Crippen molar-refractivity contribution in [2.45, 2.75) is 13.8 Å². The van der Waals surface area contributed by atoms with Gasteiger partial charge in [0.25, 0.3) is 17.6 Å². The van der Waals surface area contributed by atoms with Gasteiger partial charge in [0.15, 0.2) is 0 Å². The summed E-state index contributed by atoms with van der Waals surface area (Å²) in [5.74, 6) is 1.08. The van der Waals surface area contributed by atoms with E-state index >= 15 is 0 Å². The van der Waals surface area contributed by atoms with E-state index in [9.17, 15) is 9.59 Å². The van der Waals surface area contributed by atoms with E-state index in [1.54, 1.807) is 35.1 Å². The molecule has 172 valence electrons. The van der Waals surface area contributed by atoms with Crippen molar-refractivity contribution >= 4 is 29.1 Å². The number of aryl methyl sites for hydroxylation is 2. The molecule has 0 bridgehead atoms. The zero-order valence-corrected chi connectivity index (χ0v) is 19.0. The van der Waals surface area contributed by atoms with Gasteiger partial charge in [-0.25, -0.2) is 4.98 Å². The second-order valence-electron chi connectivity index (χ2n) is 8.19. The van der Waals surface area contributed by atoms with Gasteiger partial charge in [0, 0.05) is 55.9 Å². The van der Waals surface area contributed by atoms with E-state index in [-0.39, 0.29) is 11.8 Å². The molecule has 0 radical (unpaired) electrons. The number of pyridine rings is 1. The van der Waals surface area contributed by atoms with Crippen LogP contribution in [0.3, 0.4) is 0 Å². The summed E-state index contributed by atoms with van der Waals surface area (Å²) in [5.41, 5.74) is 3.19. The number of hydrogen-bond donors (Lipinski definition) is 1. The Balaban J connectivity index is 1.34. The molecule has 0 atom stereocenters. The van der Waals surface area contributed by atoms with Crippen molar-refractivity contribution in [1.29, 1.82) is 0 Å². The highest BCUT2D eigenvalue weighted by molar-refractivity contribution is 6.09. The Morgan fingerprint density at radius 2 is 1.76 bits per heavy atom. The first-order valence-corrected chi connectivity index (χ1v) is 11.0. The fourth-order valence-electron chi connectivity index (χ4n) is 4.15. The number of carbonyl (C=O) groups is 2. The van der Waals surface area contributed by atoms with Crippen molar-refractivity contribution in [1.82, 2.24) is 29.5 Å². The molecule has 1 aliphatic rings. The third-order valence-electron chi connectivity index (χ3n) is 5.94. The van der Waals surface area contributed by atoms with Gasteiger partial charge in [0.05, 0.1) is 11.3 Å². The molecule has 0 spiro atoms. The number of hydrogen-bond acceptors (Lipinski definition) is 7. The first-order chi connectivity index (χ1) is 16.5. The number of aromatic nitrogens is 5. The maximum absolute atomic E-state index is 13.5. The minimum absolute atomic E-state index is 0.106. The molecule has 3 aromatic heterocycles. The summed E-state index contributed by atoms with van der Waals surface area (Å²) >= 11 is 0. The predicted octanol–water partition coefficient (Wildman–Crippen LogP) is 2.35. The van der Waals surface area contributed by atoms with E-state index in [0.717, 1.165) is 17.1 Å². The number of nitrogens with one attached hydrogen (secondary N) is 1. The average Bonchev–Trinajstić information content (AvgIpc) is 3.33. The molecule has 10 nitrogen and oxygen atoms in total. The van der Waals surface area contributed by atoms with Crippen LogP contribution < -0.4 is 10.2 Å². The average molecular weight is 457 g/mol. The van der Waals surface area contributed by atoms with Crippen LogP contribution in [0.25, 0.3) is 5.78 Å². The lowest BCUT2D eigenvalue weighted by molar-refractivity contribution is 0.0747. The van der Waals surface area contributed by atoms with Gasteiger partial charge < -0.3 is 15.1 Å². The summed E-state index contributed by atoms with van der Waals surface area (Å²) in [7, 11) is 0. The second-order valence-corrected chi connectivity index (χ2v) is 8.19. The smallest absolute Gasteiger partial charge is 0.256 e. The van der Waals surface area contributed by atoms with Gasteiger partial charge in [0.1, 0.15) is 12.1 Å². The van der Waals surface area contributed by atoms with Crippen LogP contribution in [-0.2, 0) is 0 Å². The van der Waals surface area contributed by atoms with E-state index in [1.165, 1.54) is 6.33 Å². The van der Waals surface area contributed by atoms with Crippen LogP contribution in [0.5, 0.6) is 0 Å². The molecule has 1 N–H and O–H groups in total. The molecule has 4 aromatic rings. The van der Waals surface area contributed by atoms with Gasteiger partial charge in [-0.15, -0.1) is 0 Å². The number of rotatable bonds is 4. The highest BCUT2D eigenvalue weighted by Crippen LogP contribution is 2.25. The second kappa shape index (κ2) is 8.89. The van der Waals surface area contributed by atoms with Gasteiger partial charge in [0.2, 0.25) is 0 Å². The maximum Gasteiger partial charge on any atom is 0.256 e. The molecular weight excluding hydrogens is 432 g/mol. The van der Waals surface area contributed by atoms with Crippen molar-refractivity contribution in [3.63, 3.8) is 0 Å². The van der Waals surface area contributed by atoms with E-state index in [0.29, 0.717) is 48.8 Å². The number of amides is 2. The molecule has 0 saturated carbocycles. The van der Waals surface area contributed by atoms with Crippen LogP contribution in [0.15, 0.2) is 55.1 Å². The van der Waals surface area contributed by atoms with Crippen molar-refractivity contribution in [3.8, 4) is 0 Å². The maximum atomic E-state index is 13.5. The molecule has 0 unspecified atom stereocenters. The number of para-hydroxylation sites is 1. The third-order valence-corrected chi connectivity index (χ3v) is 5.94. The topological polar surface area (TPSA) is 109 Å². The lowest BCUT2D eigenvalue weighted by Crippen LogP contribution is -2.49. The van der Waals surface area contributed by atoms with Gasteiger partial charge in [-0.1, -0.05) is 12.1 Å². The standard InChI is InChI=1S/C24H24N8O2/c1-16-4-3-5-19(21(16)29-22(33)18-6-8-25-9-7-18)23(34)31-12-10-30(11-13-31)20-14-17(2)28-24-26-15-27-32(20)24/h3-9,14-15H,10-13H2,1-2H3,(H,29,33). The molecule has 10 heteroatoms. The van der Waals surface area contributed by atoms with Gasteiger partial charge in [-0.3, -0.25) is 14.6 Å². The quantitative estimate of drug-likeness (QED) is 0.502. The normalized spacial score (nSPS) is 13.8. The Morgan fingerprint density at radius 1 is 1.00 bits per heavy atom. The first kappa shape index (κ1) is 21.5. The lowest BCUT2D eigenvalue weighted by atomic mass is 10.1. The molecule has 2 amide bonds. The lowest BCUT2D eigenvalue weighted by Gasteiger charge is -2.36. The van der Waals surface area contributed by atoms with Crippen LogP contribution in [-0.4, -0.2) is 67.5 Å². The number of piperazine rings is 1. The van der Waals surface area contributed by atoms with Crippen LogP contribution >= 0.6 is 0 Å². The van der Waals surface area contributed by atoms with E-state index in [4.69, 9.17) is 0 Å². The van der Waals surface area contributed by atoms with Crippen molar-refractivity contribution < 1.29 is 9.59 Å². The number of fused-ring (bicyclic) bond motifs is 1. The summed E-state index contributed by atoms with van der Waals surface area (Å²) < 4.78 is 1.72. The summed E-state index contributed by atoms with van der Waals surface area (Å²) in [4.78, 5) is 42.7. The molecule has 34 heavy (non-hydrogen) atoms. The monoisotopic (exact) mass is 456 g/mol. The molecule has 1 saturated heterocycles. The van der Waals surface area contributed by atoms with Crippen LogP contribution in [0.4, 0.5) is 11.5 Å². The van der Waals surface area contributed by atoms with Crippen LogP contribution in [0.2, 0.25) is 0 Å². The van der Waals surface area contributed by atoms with E-state index in [2.05, 4.69) is 30.3 Å². The molecular formula is C24H24N8O2. The Labute approximate surface area is 196 Å². The number of anilines is 2. The molecule has 1 aliphatic heterocycles. The highest BCUT2D eigenvalue weighted by atomic mass is 16.2. The Kier molecular flexibility index (Phi) is 5.62. The van der Waals surface area contributed by atoms with Crippen molar-refractivity contribution in [2.24, 2.45) is 0 Å². The van der Waals surface area contributed by atoms with Crippen LogP contribution in [0.1, 0.15) is 32.0 Å². The predicted molar refractivity (Wildman–Crippen MR) is 127 cm³/mol. The summed E-state index contributed by atoms with van der Waals surface area (Å²) in [6, 6.07) is 10.7. The minimum atomic E-state index is -0.277. The molecule has 5 rings (SSSR count). The first-order valence-electron chi connectivity index (χ1n) is 11.0. The van der Waals surface area contributed by atoms with E-state index in [1.807, 2.05) is 36.9 Å².